The maximum absolute atomic E-state index is 12.9. The average molecular weight is 406 g/mol. The van der Waals surface area contributed by atoms with E-state index in [2.05, 4.69) is 0 Å². The summed E-state index contributed by atoms with van der Waals surface area (Å²) in [6.07, 6.45) is 2.93. The first-order valence-electron chi connectivity index (χ1n) is 9.97. The second-order valence-electron chi connectivity index (χ2n) is 7.66. The van der Waals surface area contributed by atoms with Crippen LogP contribution in [0.25, 0.3) is 0 Å². The SMILES string of the molecule is C[C@@H]1CCCCN1C(=O)COC(=O)c1ccc2c(c1N)C(=O)c1ccccc1C2=O. The van der Waals surface area contributed by atoms with Crippen LogP contribution in [0, 0.1) is 0 Å². The number of nitrogens with zero attached hydrogens (tertiary/aromatic N) is 1. The minimum Gasteiger partial charge on any atom is -0.452 e. The summed E-state index contributed by atoms with van der Waals surface area (Å²) in [5.41, 5.74) is 6.70. The molecule has 7 heteroatoms. The Bertz CT molecular complexity index is 1080. The molecule has 4 rings (SSSR count). The quantitative estimate of drug-likeness (QED) is 0.529. The number of carbonyl (C=O) groups is 4. The Morgan fingerprint density at radius 2 is 1.73 bits per heavy atom. The molecule has 0 aromatic heterocycles. The number of ketones is 2. The van der Waals surface area contributed by atoms with Gasteiger partial charge in [-0.05, 0) is 38.3 Å². The first kappa shape index (κ1) is 19.8. The van der Waals surface area contributed by atoms with Crippen molar-refractivity contribution >= 4 is 29.1 Å². The van der Waals surface area contributed by atoms with E-state index in [0.29, 0.717) is 12.1 Å². The summed E-state index contributed by atoms with van der Waals surface area (Å²) < 4.78 is 5.19. The molecule has 30 heavy (non-hydrogen) atoms. The van der Waals surface area contributed by atoms with Gasteiger partial charge in [0.05, 0.1) is 16.8 Å². The number of hydrogen-bond donors (Lipinski definition) is 1. The highest BCUT2D eigenvalue weighted by Gasteiger charge is 2.33. The number of nitrogen functional groups attached to an aromatic ring is 1. The molecule has 1 heterocycles. The molecule has 1 saturated heterocycles. The van der Waals surface area contributed by atoms with Gasteiger partial charge in [-0.15, -0.1) is 0 Å². The molecule has 2 aliphatic rings. The Hall–Kier alpha value is -3.48. The molecule has 0 bridgehead atoms. The Balaban J connectivity index is 1.56. The summed E-state index contributed by atoms with van der Waals surface area (Å²) in [7, 11) is 0. The van der Waals surface area contributed by atoms with Crippen LogP contribution in [-0.4, -0.2) is 47.5 Å². The van der Waals surface area contributed by atoms with Crippen molar-refractivity contribution in [1.29, 1.82) is 0 Å². The molecule has 2 aromatic carbocycles. The van der Waals surface area contributed by atoms with Crippen molar-refractivity contribution in [3.8, 4) is 0 Å². The Morgan fingerprint density at radius 1 is 1.03 bits per heavy atom. The number of rotatable bonds is 3. The molecule has 2 N–H and O–H groups in total. The zero-order valence-electron chi connectivity index (χ0n) is 16.6. The van der Waals surface area contributed by atoms with Gasteiger partial charge in [-0.2, -0.15) is 0 Å². The monoisotopic (exact) mass is 406 g/mol. The number of anilines is 1. The van der Waals surface area contributed by atoms with Crippen LogP contribution in [0.1, 0.15) is 68.4 Å². The minimum absolute atomic E-state index is 0.00382. The van der Waals surface area contributed by atoms with Crippen molar-refractivity contribution in [2.24, 2.45) is 0 Å². The minimum atomic E-state index is -0.799. The van der Waals surface area contributed by atoms with Crippen LogP contribution in [0.2, 0.25) is 0 Å². The third kappa shape index (κ3) is 3.26. The van der Waals surface area contributed by atoms with Crippen LogP contribution in [-0.2, 0) is 9.53 Å². The maximum atomic E-state index is 12.9. The topological polar surface area (TPSA) is 107 Å². The number of benzene rings is 2. The molecule has 1 aliphatic carbocycles. The van der Waals surface area contributed by atoms with E-state index in [9.17, 15) is 19.2 Å². The normalized spacial score (nSPS) is 17.9. The first-order chi connectivity index (χ1) is 14.4. The summed E-state index contributed by atoms with van der Waals surface area (Å²) >= 11 is 0. The van der Waals surface area contributed by atoms with Gasteiger partial charge in [-0.1, -0.05) is 24.3 Å². The smallest absolute Gasteiger partial charge is 0.340 e. The molecule has 1 amide bonds. The zero-order chi connectivity index (χ0) is 21.4. The van der Waals surface area contributed by atoms with E-state index in [-0.39, 0.29) is 45.7 Å². The molecule has 1 fully saturated rings. The Labute approximate surface area is 173 Å². The van der Waals surface area contributed by atoms with Gasteiger partial charge < -0.3 is 15.4 Å². The van der Waals surface area contributed by atoms with Crippen LogP contribution < -0.4 is 5.73 Å². The molecular weight excluding hydrogens is 384 g/mol. The second kappa shape index (κ2) is 7.74. The van der Waals surface area contributed by atoms with Crippen molar-refractivity contribution in [2.45, 2.75) is 32.2 Å². The van der Waals surface area contributed by atoms with E-state index < -0.39 is 18.4 Å². The summed E-state index contributed by atoms with van der Waals surface area (Å²) in [5.74, 6) is -1.79. The number of esters is 1. The molecule has 1 atom stereocenters. The predicted molar refractivity (Wildman–Crippen MR) is 109 cm³/mol. The van der Waals surface area contributed by atoms with Crippen LogP contribution in [0.3, 0.4) is 0 Å². The van der Waals surface area contributed by atoms with Crippen LogP contribution in [0.5, 0.6) is 0 Å². The fourth-order valence-electron chi connectivity index (χ4n) is 4.15. The zero-order valence-corrected chi connectivity index (χ0v) is 16.6. The summed E-state index contributed by atoms with van der Waals surface area (Å²) in [4.78, 5) is 52.4. The largest absolute Gasteiger partial charge is 0.452 e. The van der Waals surface area contributed by atoms with Gasteiger partial charge in [0.15, 0.2) is 18.2 Å². The predicted octanol–water partition coefficient (Wildman–Crippen LogP) is 2.60. The number of ether oxygens (including phenoxy) is 1. The van der Waals surface area contributed by atoms with E-state index in [1.165, 1.54) is 12.1 Å². The lowest BCUT2D eigenvalue weighted by molar-refractivity contribution is -0.137. The molecule has 0 spiro atoms. The highest BCUT2D eigenvalue weighted by atomic mass is 16.5. The lowest BCUT2D eigenvalue weighted by Gasteiger charge is -2.33. The molecular formula is C23H22N2O5. The number of likely N-dealkylation sites (tertiary alicyclic amines) is 1. The fraction of sp³-hybridized carbons (Fsp3) is 0.304. The number of piperidine rings is 1. The van der Waals surface area contributed by atoms with E-state index in [4.69, 9.17) is 10.5 Å². The van der Waals surface area contributed by atoms with Crippen molar-refractivity contribution in [1.82, 2.24) is 4.90 Å². The summed E-state index contributed by atoms with van der Waals surface area (Å²) in [6.45, 7) is 2.23. The molecule has 0 radical (unpaired) electrons. The van der Waals surface area contributed by atoms with Gasteiger partial charge >= 0.3 is 5.97 Å². The Morgan fingerprint density at radius 3 is 2.43 bits per heavy atom. The van der Waals surface area contributed by atoms with Gasteiger partial charge in [0.2, 0.25) is 0 Å². The maximum Gasteiger partial charge on any atom is 0.340 e. The fourth-order valence-corrected chi connectivity index (χ4v) is 4.15. The second-order valence-corrected chi connectivity index (χ2v) is 7.66. The average Bonchev–Trinajstić information content (AvgIpc) is 2.75. The number of fused-ring (bicyclic) bond motifs is 2. The van der Waals surface area contributed by atoms with Gasteiger partial charge in [-0.3, -0.25) is 14.4 Å². The third-order valence-corrected chi connectivity index (χ3v) is 5.80. The molecule has 0 saturated carbocycles. The van der Waals surface area contributed by atoms with Crippen molar-refractivity contribution in [3.05, 3.63) is 64.2 Å². The molecule has 154 valence electrons. The standard InChI is InChI=1S/C23H22N2O5/c1-13-6-4-5-11-25(13)18(26)12-30-23(29)17-10-9-16-19(20(17)24)22(28)15-8-3-2-7-14(15)21(16)27/h2-3,7-10,13H,4-6,11-12,24H2,1H3/t13-/m1/s1. The summed E-state index contributed by atoms with van der Waals surface area (Å²) in [5, 5.41) is 0. The molecule has 0 unspecified atom stereocenters. The van der Waals surface area contributed by atoms with Gasteiger partial charge in [-0.25, -0.2) is 4.79 Å². The van der Waals surface area contributed by atoms with Gasteiger partial charge in [0.1, 0.15) is 0 Å². The van der Waals surface area contributed by atoms with Gasteiger partial charge in [0.25, 0.3) is 5.91 Å². The van der Waals surface area contributed by atoms with E-state index in [1.807, 2.05) is 6.92 Å². The van der Waals surface area contributed by atoms with E-state index in [0.717, 1.165) is 19.3 Å². The number of hydrogen-bond acceptors (Lipinski definition) is 6. The summed E-state index contributed by atoms with van der Waals surface area (Å²) in [6, 6.07) is 9.38. The van der Waals surface area contributed by atoms with E-state index in [1.54, 1.807) is 29.2 Å². The number of amides is 1. The van der Waals surface area contributed by atoms with Crippen molar-refractivity contribution in [3.63, 3.8) is 0 Å². The lowest BCUT2D eigenvalue weighted by Crippen LogP contribution is -2.44. The van der Waals surface area contributed by atoms with Crippen molar-refractivity contribution in [2.75, 3.05) is 18.9 Å². The lowest BCUT2D eigenvalue weighted by atomic mass is 9.82. The van der Waals surface area contributed by atoms with Crippen LogP contribution in [0.4, 0.5) is 5.69 Å². The van der Waals surface area contributed by atoms with Gasteiger partial charge in [0, 0.05) is 29.3 Å². The van der Waals surface area contributed by atoms with E-state index >= 15 is 0 Å². The van der Waals surface area contributed by atoms with Crippen molar-refractivity contribution < 1.29 is 23.9 Å². The molecule has 1 aliphatic heterocycles. The highest BCUT2D eigenvalue weighted by molar-refractivity contribution is 6.30. The Kier molecular flexibility index (Phi) is 5.11. The molecule has 2 aromatic rings. The number of nitrogens with two attached hydrogens (primary N) is 1. The highest BCUT2D eigenvalue weighted by Crippen LogP contribution is 2.32. The van der Waals surface area contributed by atoms with Crippen LogP contribution >= 0.6 is 0 Å². The van der Waals surface area contributed by atoms with Crippen LogP contribution in [0.15, 0.2) is 36.4 Å². The molecule has 7 nitrogen and oxygen atoms in total. The number of carbonyl (C=O) groups excluding carboxylic acids is 4. The first-order valence-corrected chi connectivity index (χ1v) is 9.97. The third-order valence-electron chi connectivity index (χ3n) is 5.80.